The van der Waals surface area contributed by atoms with Crippen molar-refractivity contribution >= 4 is 65.4 Å². The summed E-state index contributed by atoms with van der Waals surface area (Å²) in [6, 6.07) is 7.70. The van der Waals surface area contributed by atoms with Crippen molar-refractivity contribution in [1.29, 1.82) is 0 Å². The first-order valence-electron chi connectivity index (χ1n) is 6.82. The standard InChI is InChI=1S/C16H9ClN2O3S2/c17-7-3-1-6(2-4-7)13(22)15-11(18)10-12-14(23-16(10)24-15)8(20)5-9(21)19-12/h1-5H,18H2,(H2,19,20,21). The van der Waals surface area contributed by atoms with Gasteiger partial charge in [-0.3, -0.25) is 9.59 Å². The van der Waals surface area contributed by atoms with Gasteiger partial charge in [0.2, 0.25) is 5.78 Å². The number of nitrogens with two attached hydrogens (primary N) is 1. The van der Waals surface area contributed by atoms with Crippen LogP contribution in [0.5, 0.6) is 5.75 Å². The highest BCUT2D eigenvalue weighted by Gasteiger charge is 2.22. The number of nitrogens with one attached hydrogen (secondary N) is 1. The van der Waals surface area contributed by atoms with Crippen molar-refractivity contribution in [3.05, 3.63) is 56.1 Å². The van der Waals surface area contributed by atoms with E-state index in [1.165, 1.54) is 22.7 Å². The molecule has 120 valence electrons. The van der Waals surface area contributed by atoms with E-state index < -0.39 is 5.56 Å². The van der Waals surface area contributed by atoms with Crippen LogP contribution in [0.15, 0.2) is 35.1 Å². The SMILES string of the molecule is Nc1c(C(=O)c2ccc(Cl)cc2)sc2sc3c(O)cc(=O)[nH]c3c12. The number of pyridine rings is 1. The summed E-state index contributed by atoms with van der Waals surface area (Å²) >= 11 is 8.39. The first-order chi connectivity index (χ1) is 11.5. The van der Waals surface area contributed by atoms with Gasteiger partial charge < -0.3 is 15.8 Å². The molecule has 0 aliphatic rings. The first kappa shape index (κ1) is 15.2. The number of H-pyrrole nitrogens is 1. The number of aromatic hydroxyl groups is 1. The van der Waals surface area contributed by atoms with Gasteiger partial charge in [0.05, 0.1) is 25.3 Å². The molecular weight excluding hydrogens is 368 g/mol. The Morgan fingerprint density at radius 1 is 1.21 bits per heavy atom. The van der Waals surface area contributed by atoms with Gasteiger partial charge in [0.25, 0.3) is 5.56 Å². The Kier molecular flexibility index (Phi) is 3.38. The van der Waals surface area contributed by atoms with Crippen molar-refractivity contribution in [3.8, 4) is 5.75 Å². The summed E-state index contributed by atoms with van der Waals surface area (Å²) in [5.74, 6) is -0.291. The average Bonchev–Trinajstić information content (AvgIpc) is 3.05. The number of hydrogen-bond acceptors (Lipinski definition) is 6. The number of carbonyl (C=O) groups excluding carboxylic acids is 1. The zero-order valence-electron chi connectivity index (χ0n) is 11.9. The third-order valence-electron chi connectivity index (χ3n) is 3.65. The zero-order valence-corrected chi connectivity index (χ0v) is 14.3. The lowest BCUT2D eigenvalue weighted by atomic mass is 10.1. The van der Waals surface area contributed by atoms with Crippen LogP contribution in [-0.4, -0.2) is 15.9 Å². The van der Waals surface area contributed by atoms with Crippen LogP contribution in [0.1, 0.15) is 15.2 Å². The van der Waals surface area contributed by atoms with Gasteiger partial charge in [0.1, 0.15) is 10.6 Å². The van der Waals surface area contributed by atoms with E-state index in [-0.39, 0.29) is 11.5 Å². The molecule has 0 fully saturated rings. The Morgan fingerprint density at radius 2 is 1.92 bits per heavy atom. The van der Waals surface area contributed by atoms with Crippen molar-refractivity contribution in [2.45, 2.75) is 0 Å². The number of benzene rings is 1. The van der Waals surface area contributed by atoms with Crippen molar-refractivity contribution in [3.63, 3.8) is 0 Å². The molecule has 4 N–H and O–H groups in total. The van der Waals surface area contributed by atoms with E-state index in [2.05, 4.69) is 4.98 Å². The number of carbonyl (C=O) groups is 1. The minimum atomic E-state index is -0.420. The van der Waals surface area contributed by atoms with Crippen LogP contribution in [0, 0.1) is 0 Å². The minimum Gasteiger partial charge on any atom is -0.506 e. The molecule has 0 radical (unpaired) electrons. The maximum absolute atomic E-state index is 12.7. The molecule has 8 heteroatoms. The fraction of sp³-hybridized carbons (Fsp3) is 0. The molecule has 0 aliphatic heterocycles. The van der Waals surface area contributed by atoms with Gasteiger partial charge >= 0.3 is 0 Å². The third-order valence-corrected chi connectivity index (χ3v) is 6.40. The van der Waals surface area contributed by atoms with Gasteiger partial charge in [-0.15, -0.1) is 22.7 Å². The van der Waals surface area contributed by atoms with Crippen molar-refractivity contribution in [2.75, 3.05) is 5.73 Å². The molecule has 3 aromatic heterocycles. The molecule has 0 atom stereocenters. The molecule has 5 nitrogen and oxygen atoms in total. The van der Waals surface area contributed by atoms with E-state index in [0.717, 1.165) is 10.1 Å². The van der Waals surface area contributed by atoms with Gasteiger partial charge in [-0.2, -0.15) is 0 Å². The number of hydrogen-bond donors (Lipinski definition) is 3. The van der Waals surface area contributed by atoms with E-state index in [0.29, 0.717) is 36.8 Å². The lowest BCUT2D eigenvalue weighted by Gasteiger charge is -2.01. The van der Waals surface area contributed by atoms with Crippen LogP contribution in [0.4, 0.5) is 5.69 Å². The zero-order chi connectivity index (χ0) is 17.0. The number of halogens is 1. The molecule has 0 aliphatic carbocycles. The maximum atomic E-state index is 12.7. The van der Waals surface area contributed by atoms with Crippen molar-refractivity contribution in [2.24, 2.45) is 0 Å². The molecule has 0 bridgehead atoms. The molecule has 4 rings (SSSR count). The van der Waals surface area contributed by atoms with Crippen molar-refractivity contribution < 1.29 is 9.90 Å². The van der Waals surface area contributed by atoms with Gasteiger partial charge in [-0.25, -0.2) is 0 Å². The first-order valence-corrected chi connectivity index (χ1v) is 8.84. The third kappa shape index (κ3) is 2.21. The number of thiophene rings is 2. The Hall–Kier alpha value is -2.35. The van der Waals surface area contributed by atoms with Gasteiger partial charge in [-0.1, -0.05) is 11.6 Å². The molecule has 0 saturated carbocycles. The summed E-state index contributed by atoms with van der Waals surface area (Å²) in [5, 5.41) is 11.1. The monoisotopic (exact) mass is 376 g/mol. The number of aromatic nitrogens is 1. The quantitative estimate of drug-likeness (QED) is 0.461. The van der Waals surface area contributed by atoms with E-state index in [9.17, 15) is 14.7 Å². The molecule has 0 spiro atoms. The number of fused-ring (bicyclic) bond motifs is 3. The smallest absolute Gasteiger partial charge is 0.252 e. The molecule has 1 aromatic carbocycles. The van der Waals surface area contributed by atoms with E-state index in [4.69, 9.17) is 17.3 Å². The molecule has 0 saturated heterocycles. The summed E-state index contributed by atoms with van der Waals surface area (Å²) in [7, 11) is 0. The fourth-order valence-corrected chi connectivity index (χ4v) is 5.17. The van der Waals surface area contributed by atoms with Crippen LogP contribution < -0.4 is 11.3 Å². The number of rotatable bonds is 2. The number of ketones is 1. The highest BCUT2D eigenvalue weighted by Crippen LogP contribution is 2.46. The highest BCUT2D eigenvalue weighted by atomic mass is 35.5. The van der Waals surface area contributed by atoms with Crippen LogP contribution in [-0.2, 0) is 0 Å². The second kappa shape index (κ2) is 5.34. The van der Waals surface area contributed by atoms with E-state index in [1.807, 2.05) is 0 Å². The molecule has 4 aromatic rings. The Morgan fingerprint density at radius 3 is 2.62 bits per heavy atom. The largest absolute Gasteiger partial charge is 0.506 e. The van der Waals surface area contributed by atoms with Gasteiger partial charge in [0, 0.05) is 16.7 Å². The Labute approximate surface area is 147 Å². The summed E-state index contributed by atoms with van der Waals surface area (Å²) in [6.07, 6.45) is 0. The normalized spacial score (nSPS) is 11.4. The van der Waals surface area contributed by atoms with Crippen LogP contribution in [0.2, 0.25) is 5.02 Å². The van der Waals surface area contributed by atoms with E-state index >= 15 is 0 Å². The van der Waals surface area contributed by atoms with Crippen LogP contribution in [0.25, 0.3) is 19.6 Å². The number of nitrogen functional groups attached to an aromatic ring is 1. The topological polar surface area (TPSA) is 96.2 Å². The number of aromatic amines is 1. The number of anilines is 1. The lowest BCUT2D eigenvalue weighted by molar-refractivity contribution is 0.104. The summed E-state index contributed by atoms with van der Waals surface area (Å²) < 4.78 is 1.32. The lowest BCUT2D eigenvalue weighted by Crippen LogP contribution is -2.03. The Balaban J connectivity index is 1.95. The minimum absolute atomic E-state index is 0.0906. The second-order valence-corrected chi connectivity index (χ2v) is 7.90. The Bertz CT molecular complexity index is 1170. The van der Waals surface area contributed by atoms with Crippen molar-refractivity contribution in [1.82, 2.24) is 4.98 Å². The molecule has 3 heterocycles. The summed E-state index contributed by atoms with van der Waals surface area (Å²) in [6.45, 7) is 0. The summed E-state index contributed by atoms with van der Waals surface area (Å²) in [4.78, 5) is 27.4. The van der Waals surface area contributed by atoms with Gasteiger partial charge in [-0.05, 0) is 24.3 Å². The second-order valence-electron chi connectivity index (χ2n) is 5.17. The summed E-state index contributed by atoms with van der Waals surface area (Å²) in [5.41, 5.74) is 7.02. The predicted molar refractivity (Wildman–Crippen MR) is 98.8 cm³/mol. The highest BCUT2D eigenvalue weighted by molar-refractivity contribution is 7.42. The van der Waals surface area contributed by atoms with Crippen LogP contribution >= 0.6 is 34.3 Å². The van der Waals surface area contributed by atoms with Gasteiger partial charge in [0.15, 0.2) is 0 Å². The van der Waals surface area contributed by atoms with E-state index in [1.54, 1.807) is 24.3 Å². The average molecular weight is 377 g/mol. The molecular formula is C16H9ClN2O3S2. The molecule has 0 unspecified atom stereocenters. The maximum Gasteiger partial charge on any atom is 0.252 e. The molecule has 24 heavy (non-hydrogen) atoms. The van der Waals surface area contributed by atoms with Crippen LogP contribution in [0.3, 0.4) is 0 Å². The molecule has 0 amide bonds. The predicted octanol–water partition coefficient (Wildman–Crippen LogP) is 3.98. The fourth-order valence-electron chi connectivity index (χ4n) is 2.54.